The minimum Gasteiger partial charge on any atom is -0.348 e. The van der Waals surface area contributed by atoms with E-state index in [2.05, 4.69) is 22.8 Å². The molecular weight excluding hydrogens is 320 g/mol. The number of amides is 2. The van der Waals surface area contributed by atoms with E-state index in [9.17, 15) is 9.59 Å². The number of hydrogen-bond acceptors (Lipinski definition) is 4. The first-order valence-electron chi connectivity index (χ1n) is 9.09. The molecule has 1 aromatic carbocycles. The van der Waals surface area contributed by atoms with E-state index in [0.717, 1.165) is 38.5 Å². The van der Waals surface area contributed by atoms with Crippen molar-refractivity contribution >= 4 is 11.8 Å². The zero-order chi connectivity index (χ0) is 17.5. The highest BCUT2D eigenvalue weighted by atomic mass is 16.7. The van der Waals surface area contributed by atoms with Crippen LogP contribution in [0.2, 0.25) is 0 Å². The summed E-state index contributed by atoms with van der Waals surface area (Å²) in [5, 5.41) is 5.29. The third-order valence-electron chi connectivity index (χ3n) is 4.75. The second-order valence-corrected chi connectivity index (χ2v) is 6.72. The van der Waals surface area contributed by atoms with Crippen molar-refractivity contribution in [2.45, 2.75) is 50.4 Å². The number of ether oxygens (including phenoxy) is 2. The Labute approximate surface area is 148 Å². The molecule has 2 N–H and O–H groups in total. The summed E-state index contributed by atoms with van der Waals surface area (Å²) in [4.78, 5) is 23.7. The minimum absolute atomic E-state index is 0.173. The molecule has 1 aliphatic carbocycles. The summed E-state index contributed by atoms with van der Waals surface area (Å²) in [7, 11) is 0. The highest BCUT2D eigenvalue weighted by Gasteiger charge is 2.43. The van der Waals surface area contributed by atoms with Gasteiger partial charge in [0.25, 0.3) is 0 Å². The van der Waals surface area contributed by atoms with E-state index in [1.54, 1.807) is 0 Å². The van der Waals surface area contributed by atoms with Crippen molar-refractivity contribution in [3.63, 3.8) is 0 Å². The van der Waals surface area contributed by atoms with Crippen LogP contribution in [0, 0.1) is 0 Å². The third-order valence-corrected chi connectivity index (χ3v) is 4.75. The molecule has 1 aromatic rings. The maximum absolute atomic E-state index is 11.9. The maximum atomic E-state index is 11.9. The van der Waals surface area contributed by atoms with Gasteiger partial charge in [0.2, 0.25) is 0 Å². The largest absolute Gasteiger partial charge is 0.348 e. The van der Waals surface area contributed by atoms with Crippen LogP contribution in [0.5, 0.6) is 0 Å². The van der Waals surface area contributed by atoms with Crippen molar-refractivity contribution in [2.24, 2.45) is 0 Å². The summed E-state index contributed by atoms with van der Waals surface area (Å²) in [6.07, 6.45) is 5.56. The van der Waals surface area contributed by atoms with Crippen LogP contribution in [0.15, 0.2) is 30.3 Å². The van der Waals surface area contributed by atoms with Gasteiger partial charge in [0.05, 0.1) is 6.61 Å². The molecule has 1 aliphatic heterocycles. The van der Waals surface area contributed by atoms with Gasteiger partial charge in [-0.15, -0.1) is 0 Å². The smallest absolute Gasteiger partial charge is 0.309 e. The Morgan fingerprint density at radius 3 is 2.56 bits per heavy atom. The van der Waals surface area contributed by atoms with E-state index in [4.69, 9.17) is 9.47 Å². The van der Waals surface area contributed by atoms with Gasteiger partial charge in [-0.3, -0.25) is 9.59 Å². The second kappa shape index (κ2) is 8.45. The zero-order valence-electron chi connectivity index (χ0n) is 14.5. The molecule has 2 fully saturated rings. The number of nitrogens with one attached hydrogen (secondary N) is 2. The van der Waals surface area contributed by atoms with E-state index in [1.807, 2.05) is 18.2 Å². The van der Waals surface area contributed by atoms with Crippen LogP contribution < -0.4 is 10.6 Å². The van der Waals surface area contributed by atoms with E-state index in [1.165, 1.54) is 5.56 Å². The molecular formula is C19H26N2O4. The van der Waals surface area contributed by atoms with Gasteiger partial charge in [-0.1, -0.05) is 30.3 Å². The summed E-state index contributed by atoms with van der Waals surface area (Å²) in [5.41, 5.74) is 1.22. The fourth-order valence-corrected chi connectivity index (χ4v) is 3.40. The Morgan fingerprint density at radius 2 is 1.80 bits per heavy atom. The normalized spacial score (nSPS) is 21.4. The van der Waals surface area contributed by atoms with Crippen molar-refractivity contribution in [2.75, 3.05) is 19.7 Å². The molecule has 6 heteroatoms. The van der Waals surface area contributed by atoms with Crippen molar-refractivity contribution in [1.29, 1.82) is 0 Å². The van der Waals surface area contributed by atoms with Crippen molar-refractivity contribution in [3.05, 3.63) is 35.9 Å². The number of rotatable bonds is 6. The van der Waals surface area contributed by atoms with Gasteiger partial charge in [-0.25, -0.2) is 0 Å². The first kappa shape index (κ1) is 17.9. The van der Waals surface area contributed by atoms with Crippen LogP contribution in [0.1, 0.15) is 37.7 Å². The molecule has 1 spiro atoms. The van der Waals surface area contributed by atoms with Crippen LogP contribution in [0.3, 0.4) is 0 Å². The highest BCUT2D eigenvalue weighted by Crippen LogP contribution is 2.38. The first-order chi connectivity index (χ1) is 12.2. The molecule has 1 atom stereocenters. The highest BCUT2D eigenvalue weighted by molar-refractivity contribution is 6.35. The average Bonchev–Trinajstić information content (AvgIpc) is 3.27. The maximum Gasteiger partial charge on any atom is 0.309 e. The van der Waals surface area contributed by atoms with E-state index >= 15 is 0 Å². The van der Waals surface area contributed by atoms with Crippen LogP contribution in [-0.4, -0.2) is 43.4 Å². The lowest BCUT2D eigenvalue weighted by atomic mass is 10.1. The molecule has 1 saturated heterocycles. The molecule has 0 radical (unpaired) electrons. The van der Waals surface area contributed by atoms with Crippen molar-refractivity contribution < 1.29 is 19.1 Å². The number of carbonyl (C=O) groups excluding carboxylic acids is 2. The number of carbonyl (C=O) groups is 2. The lowest BCUT2D eigenvalue weighted by Crippen LogP contribution is -2.43. The first-order valence-corrected chi connectivity index (χ1v) is 9.09. The van der Waals surface area contributed by atoms with Gasteiger partial charge in [0.15, 0.2) is 5.79 Å². The monoisotopic (exact) mass is 346 g/mol. The molecule has 1 saturated carbocycles. The van der Waals surface area contributed by atoms with Crippen LogP contribution in [-0.2, 0) is 25.5 Å². The Kier molecular flexibility index (Phi) is 6.04. The molecule has 0 bridgehead atoms. The minimum atomic E-state index is -0.615. The van der Waals surface area contributed by atoms with Gasteiger partial charge < -0.3 is 20.1 Å². The summed E-state index contributed by atoms with van der Waals surface area (Å²) in [6.45, 7) is 1.25. The fourth-order valence-electron chi connectivity index (χ4n) is 3.40. The quantitative estimate of drug-likeness (QED) is 0.605. The molecule has 0 unspecified atom stereocenters. The van der Waals surface area contributed by atoms with E-state index < -0.39 is 17.6 Å². The van der Waals surface area contributed by atoms with Crippen LogP contribution >= 0.6 is 0 Å². The molecule has 0 aromatic heterocycles. The Bertz CT molecular complexity index is 584. The molecule has 2 amide bonds. The average molecular weight is 346 g/mol. The molecule has 3 rings (SSSR count). The summed E-state index contributed by atoms with van der Waals surface area (Å²) >= 11 is 0. The fraction of sp³-hybridized carbons (Fsp3) is 0.579. The predicted octanol–water partition coefficient (Wildman–Crippen LogP) is 1.54. The summed E-state index contributed by atoms with van der Waals surface area (Å²) < 4.78 is 11.7. The van der Waals surface area contributed by atoms with Gasteiger partial charge in [-0.05, 0) is 31.2 Å². The van der Waals surface area contributed by atoms with E-state index in [-0.39, 0.29) is 6.10 Å². The van der Waals surface area contributed by atoms with Gasteiger partial charge in [-0.2, -0.15) is 0 Å². The van der Waals surface area contributed by atoms with Gasteiger partial charge >= 0.3 is 11.8 Å². The van der Waals surface area contributed by atoms with Crippen molar-refractivity contribution in [3.8, 4) is 0 Å². The van der Waals surface area contributed by atoms with Gasteiger partial charge in [0, 0.05) is 25.9 Å². The zero-order valence-corrected chi connectivity index (χ0v) is 14.5. The predicted molar refractivity (Wildman–Crippen MR) is 92.8 cm³/mol. The molecule has 1 heterocycles. The lowest BCUT2D eigenvalue weighted by Gasteiger charge is -2.21. The third kappa shape index (κ3) is 5.03. The number of benzene rings is 1. The Morgan fingerprint density at radius 1 is 1.08 bits per heavy atom. The summed E-state index contributed by atoms with van der Waals surface area (Å²) in [5.74, 6) is -1.65. The SMILES string of the molecule is O=C(NCCCc1ccccc1)C(=O)NC[C@@H]1COC2(CCCC2)O1. The van der Waals surface area contributed by atoms with E-state index in [0.29, 0.717) is 19.7 Å². The molecule has 136 valence electrons. The Hall–Kier alpha value is -1.92. The standard InChI is InChI=1S/C19H26N2O4/c22-17(20-12-6-9-15-7-2-1-3-8-15)18(23)21-13-16-14-24-19(25-16)10-4-5-11-19/h1-3,7-8,16H,4-6,9-14H2,(H,20,22)(H,21,23)/t16-/m1/s1. The summed E-state index contributed by atoms with van der Waals surface area (Å²) in [6, 6.07) is 10.1. The number of hydrogen-bond donors (Lipinski definition) is 2. The Balaban J connectivity index is 1.29. The van der Waals surface area contributed by atoms with Crippen molar-refractivity contribution in [1.82, 2.24) is 10.6 Å². The van der Waals surface area contributed by atoms with Crippen LogP contribution in [0.4, 0.5) is 0 Å². The molecule has 6 nitrogen and oxygen atoms in total. The second-order valence-electron chi connectivity index (χ2n) is 6.72. The van der Waals surface area contributed by atoms with Gasteiger partial charge in [0.1, 0.15) is 6.10 Å². The molecule has 2 aliphatic rings. The van der Waals surface area contributed by atoms with Crippen LogP contribution in [0.25, 0.3) is 0 Å². The number of aryl methyl sites for hydroxylation is 1. The molecule has 25 heavy (non-hydrogen) atoms. The lowest BCUT2D eigenvalue weighted by molar-refractivity contribution is -0.161. The topological polar surface area (TPSA) is 76.7 Å².